The lowest BCUT2D eigenvalue weighted by Crippen LogP contribution is -2.48. The van der Waals surface area contributed by atoms with Crippen molar-refractivity contribution in [2.24, 2.45) is 5.92 Å². The molecule has 0 saturated carbocycles. The molecule has 1 aliphatic rings. The molecule has 3 N–H and O–H groups in total. The molecular formula is C24H25N5O6. The second-order valence-corrected chi connectivity index (χ2v) is 8.06. The highest BCUT2D eigenvalue weighted by Gasteiger charge is 2.29. The second kappa shape index (κ2) is 10.2. The van der Waals surface area contributed by atoms with E-state index in [1.54, 1.807) is 47.4 Å². The van der Waals surface area contributed by atoms with Crippen LogP contribution in [0.25, 0.3) is 10.8 Å². The number of piperidine rings is 1. The lowest BCUT2D eigenvalue weighted by atomic mass is 9.95. The molecule has 0 radical (unpaired) electrons. The summed E-state index contributed by atoms with van der Waals surface area (Å²) in [6.45, 7) is 0.771. The fraction of sp³-hybridized carbons (Fsp3) is 0.292. The van der Waals surface area contributed by atoms with Gasteiger partial charge in [-0.25, -0.2) is 5.10 Å². The Hall–Kier alpha value is -4.41. The van der Waals surface area contributed by atoms with Gasteiger partial charge < -0.3 is 14.4 Å². The quantitative estimate of drug-likeness (QED) is 0.468. The Kier molecular flexibility index (Phi) is 6.95. The van der Waals surface area contributed by atoms with Gasteiger partial charge in [0.1, 0.15) is 11.5 Å². The maximum atomic E-state index is 12.9. The van der Waals surface area contributed by atoms with Gasteiger partial charge in [0, 0.05) is 36.0 Å². The van der Waals surface area contributed by atoms with Crippen molar-refractivity contribution < 1.29 is 23.9 Å². The Balaban J connectivity index is 1.34. The third-order valence-electron chi connectivity index (χ3n) is 5.96. The number of aromatic amines is 1. The van der Waals surface area contributed by atoms with E-state index in [0.29, 0.717) is 53.8 Å². The summed E-state index contributed by atoms with van der Waals surface area (Å²) in [5.41, 5.74) is 4.82. The van der Waals surface area contributed by atoms with Crippen molar-refractivity contribution in [2.75, 3.05) is 27.3 Å². The number of nitrogens with zero attached hydrogens (tertiary/aromatic N) is 2. The molecule has 0 spiro atoms. The number of carbonyl (C=O) groups excluding carboxylic acids is 3. The summed E-state index contributed by atoms with van der Waals surface area (Å²) in [6.07, 6.45) is 0.878. The third kappa shape index (κ3) is 5.08. The average Bonchev–Trinajstić information content (AvgIpc) is 2.91. The number of ether oxygens (including phenoxy) is 2. The first kappa shape index (κ1) is 23.7. The van der Waals surface area contributed by atoms with Crippen molar-refractivity contribution in [3.8, 4) is 11.5 Å². The van der Waals surface area contributed by atoms with Crippen molar-refractivity contribution in [2.45, 2.75) is 12.8 Å². The van der Waals surface area contributed by atoms with Crippen LogP contribution in [0.1, 0.15) is 33.7 Å². The third-order valence-corrected chi connectivity index (χ3v) is 5.96. The number of hydrazine groups is 1. The van der Waals surface area contributed by atoms with E-state index in [1.807, 2.05) is 0 Å². The molecule has 1 saturated heterocycles. The molecule has 11 heteroatoms. The van der Waals surface area contributed by atoms with Gasteiger partial charge in [0.25, 0.3) is 17.4 Å². The molecule has 0 unspecified atom stereocenters. The number of hydrogen-bond acceptors (Lipinski definition) is 7. The van der Waals surface area contributed by atoms with Gasteiger partial charge in [-0.1, -0.05) is 18.2 Å². The summed E-state index contributed by atoms with van der Waals surface area (Å²) in [5.74, 6) is -0.526. The zero-order valence-corrected chi connectivity index (χ0v) is 19.3. The topological polar surface area (TPSA) is 143 Å². The van der Waals surface area contributed by atoms with E-state index < -0.39 is 11.5 Å². The number of benzene rings is 2. The van der Waals surface area contributed by atoms with Crippen molar-refractivity contribution in [3.05, 3.63) is 64.1 Å². The highest BCUT2D eigenvalue weighted by atomic mass is 16.5. The number of rotatable bonds is 5. The molecular weight excluding hydrogens is 454 g/mol. The average molecular weight is 479 g/mol. The van der Waals surface area contributed by atoms with Crippen LogP contribution in [0.2, 0.25) is 0 Å². The van der Waals surface area contributed by atoms with Gasteiger partial charge in [-0.05, 0) is 31.0 Å². The standard InChI is InChI=1S/C24H25N5O6/c1-34-16-11-15(12-17(13-16)35-2)24(33)29-9-7-14(8-10-29)21(30)26-28-23(32)20-18-5-3-4-6-19(18)22(31)27-25-20/h3-6,11-14H,7-10H2,1-2H3,(H,26,30)(H,27,31)(H,28,32). The normalized spacial score (nSPS) is 13.8. The van der Waals surface area contributed by atoms with Crippen LogP contribution in [0.5, 0.6) is 11.5 Å². The molecule has 182 valence electrons. The van der Waals surface area contributed by atoms with E-state index in [1.165, 1.54) is 14.2 Å². The van der Waals surface area contributed by atoms with Crippen molar-refractivity contribution in [3.63, 3.8) is 0 Å². The molecule has 0 atom stereocenters. The number of likely N-dealkylation sites (tertiary alicyclic amines) is 1. The summed E-state index contributed by atoms with van der Waals surface area (Å²) in [5, 5.41) is 6.80. The Morgan fingerprint density at radius 2 is 1.60 bits per heavy atom. The molecule has 1 aliphatic heterocycles. The van der Waals surface area contributed by atoms with Crippen LogP contribution in [0.15, 0.2) is 47.3 Å². The monoisotopic (exact) mass is 479 g/mol. The summed E-state index contributed by atoms with van der Waals surface area (Å²) in [4.78, 5) is 51.7. The Morgan fingerprint density at radius 1 is 0.971 bits per heavy atom. The van der Waals surface area contributed by atoms with E-state index in [4.69, 9.17) is 9.47 Å². The molecule has 2 aromatic carbocycles. The number of fused-ring (bicyclic) bond motifs is 1. The summed E-state index contributed by atoms with van der Waals surface area (Å²) >= 11 is 0. The minimum Gasteiger partial charge on any atom is -0.497 e. The van der Waals surface area contributed by atoms with Crippen LogP contribution >= 0.6 is 0 Å². The van der Waals surface area contributed by atoms with Gasteiger partial charge in [-0.3, -0.25) is 30.0 Å². The van der Waals surface area contributed by atoms with Crippen LogP contribution in [0.4, 0.5) is 0 Å². The molecule has 3 amide bonds. The van der Waals surface area contributed by atoms with Crippen LogP contribution in [0.3, 0.4) is 0 Å². The maximum Gasteiger partial charge on any atom is 0.290 e. The zero-order chi connectivity index (χ0) is 24.9. The van der Waals surface area contributed by atoms with Crippen LogP contribution in [-0.4, -0.2) is 60.1 Å². The van der Waals surface area contributed by atoms with Crippen LogP contribution in [0, 0.1) is 5.92 Å². The molecule has 3 aromatic rings. The molecule has 11 nitrogen and oxygen atoms in total. The summed E-state index contributed by atoms with van der Waals surface area (Å²) < 4.78 is 10.5. The fourth-order valence-electron chi connectivity index (χ4n) is 4.03. The smallest absolute Gasteiger partial charge is 0.290 e. The van der Waals surface area contributed by atoms with Gasteiger partial charge in [0.2, 0.25) is 5.91 Å². The predicted molar refractivity (Wildman–Crippen MR) is 126 cm³/mol. The van der Waals surface area contributed by atoms with E-state index in [2.05, 4.69) is 21.0 Å². The van der Waals surface area contributed by atoms with Crippen molar-refractivity contribution in [1.82, 2.24) is 25.9 Å². The zero-order valence-electron chi connectivity index (χ0n) is 19.3. The van der Waals surface area contributed by atoms with E-state index in [0.717, 1.165) is 0 Å². The van der Waals surface area contributed by atoms with Crippen molar-refractivity contribution in [1.29, 1.82) is 0 Å². The summed E-state index contributed by atoms with van der Waals surface area (Å²) in [7, 11) is 3.03. The minimum absolute atomic E-state index is 0.00497. The van der Waals surface area contributed by atoms with E-state index >= 15 is 0 Å². The molecule has 35 heavy (non-hydrogen) atoms. The van der Waals surface area contributed by atoms with Gasteiger partial charge in [-0.2, -0.15) is 5.10 Å². The predicted octanol–water partition coefficient (Wildman–Crippen LogP) is 1.25. The largest absolute Gasteiger partial charge is 0.497 e. The van der Waals surface area contributed by atoms with E-state index in [9.17, 15) is 19.2 Å². The first-order valence-corrected chi connectivity index (χ1v) is 11.0. The fourth-order valence-corrected chi connectivity index (χ4v) is 4.03. The van der Waals surface area contributed by atoms with Gasteiger partial charge in [0.05, 0.1) is 19.6 Å². The number of methoxy groups -OCH3 is 2. The van der Waals surface area contributed by atoms with Gasteiger partial charge in [-0.15, -0.1) is 0 Å². The van der Waals surface area contributed by atoms with Crippen LogP contribution < -0.4 is 25.9 Å². The molecule has 0 aliphatic carbocycles. The first-order chi connectivity index (χ1) is 16.9. The maximum absolute atomic E-state index is 12.9. The van der Waals surface area contributed by atoms with E-state index in [-0.39, 0.29) is 23.4 Å². The Labute approximate surface area is 200 Å². The van der Waals surface area contributed by atoms with Gasteiger partial charge >= 0.3 is 0 Å². The number of aromatic nitrogens is 2. The number of amides is 3. The minimum atomic E-state index is -0.648. The summed E-state index contributed by atoms with van der Waals surface area (Å²) in [6, 6.07) is 11.5. The Morgan fingerprint density at radius 3 is 2.23 bits per heavy atom. The number of carbonyl (C=O) groups is 3. The number of hydrogen-bond donors (Lipinski definition) is 3. The number of nitrogens with one attached hydrogen (secondary N) is 3. The highest BCUT2D eigenvalue weighted by Crippen LogP contribution is 2.25. The lowest BCUT2D eigenvalue weighted by Gasteiger charge is -2.31. The lowest BCUT2D eigenvalue weighted by molar-refractivity contribution is -0.127. The Bertz CT molecular complexity index is 1310. The molecule has 1 aromatic heterocycles. The number of H-pyrrole nitrogens is 1. The molecule has 2 heterocycles. The first-order valence-electron chi connectivity index (χ1n) is 11.0. The highest BCUT2D eigenvalue weighted by molar-refractivity contribution is 6.05. The second-order valence-electron chi connectivity index (χ2n) is 8.06. The van der Waals surface area contributed by atoms with Crippen molar-refractivity contribution >= 4 is 28.5 Å². The SMILES string of the molecule is COc1cc(OC)cc(C(=O)N2CCC(C(=O)NNC(=O)c3n[nH]c(=O)c4ccccc34)CC2)c1. The van der Waals surface area contributed by atoms with Crippen LogP contribution in [-0.2, 0) is 4.79 Å². The molecule has 4 rings (SSSR count). The molecule has 1 fully saturated rings. The molecule has 0 bridgehead atoms. The van der Waals surface area contributed by atoms with Gasteiger partial charge in [0.15, 0.2) is 5.69 Å².